The first-order valence-corrected chi connectivity index (χ1v) is 7.93. The Hall–Kier alpha value is -2.88. The molecule has 0 saturated heterocycles. The molecule has 0 bridgehead atoms. The Labute approximate surface area is 133 Å². The molecule has 0 unspecified atom stereocenters. The highest BCUT2D eigenvalue weighted by Gasteiger charge is 2.30. The molecule has 1 saturated carbocycles. The molecule has 23 heavy (non-hydrogen) atoms. The summed E-state index contributed by atoms with van der Waals surface area (Å²) < 4.78 is 0. The van der Waals surface area contributed by atoms with Crippen LogP contribution in [0.2, 0.25) is 0 Å². The number of nitrogens with one attached hydrogen (secondary N) is 1. The molecule has 0 aliphatic heterocycles. The monoisotopic (exact) mass is 300 g/mol. The van der Waals surface area contributed by atoms with E-state index in [0.29, 0.717) is 5.92 Å². The maximum atomic E-state index is 6.15. The lowest BCUT2D eigenvalue weighted by Gasteiger charge is -2.09. The predicted molar refractivity (Wildman–Crippen MR) is 93.2 cm³/mol. The fourth-order valence-corrected chi connectivity index (χ4v) is 3.41. The van der Waals surface area contributed by atoms with Crippen molar-refractivity contribution in [3.05, 3.63) is 54.5 Å². The third-order valence-corrected chi connectivity index (χ3v) is 4.66. The highest BCUT2D eigenvalue weighted by molar-refractivity contribution is 6.06. The van der Waals surface area contributed by atoms with Gasteiger partial charge in [0.05, 0.1) is 5.69 Å². The summed E-state index contributed by atoms with van der Waals surface area (Å²) in [7, 11) is 0. The van der Waals surface area contributed by atoms with Crippen LogP contribution in [0, 0.1) is 0 Å². The summed E-state index contributed by atoms with van der Waals surface area (Å²) in [6.07, 6.45) is 6.13. The van der Waals surface area contributed by atoms with Crippen LogP contribution >= 0.6 is 0 Å². The molecule has 1 aliphatic rings. The number of rotatable bonds is 2. The minimum absolute atomic E-state index is 0.595. The number of benzene rings is 1. The van der Waals surface area contributed by atoms with Crippen molar-refractivity contribution < 1.29 is 0 Å². The lowest BCUT2D eigenvalue weighted by molar-refractivity contribution is 1.05. The third kappa shape index (κ3) is 1.84. The maximum absolute atomic E-state index is 6.15. The standard InChI is InChI=1S/C19H16N4/c20-15-5-1-3-13-12(15)8-10-21-18(13)16-14-4-2-9-22-19(14)23-17(16)11-6-7-11/h1-5,8-11H,6-7,20H2,(H,22,23). The van der Waals surface area contributed by atoms with E-state index >= 15 is 0 Å². The van der Waals surface area contributed by atoms with E-state index in [1.807, 2.05) is 36.7 Å². The molecule has 0 radical (unpaired) electrons. The minimum atomic E-state index is 0.595. The quantitative estimate of drug-likeness (QED) is 0.544. The number of hydrogen-bond donors (Lipinski definition) is 2. The number of aromatic amines is 1. The molecule has 1 fully saturated rings. The Morgan fingerprint density at radius 1 is 0.913 bits per heavy atom. The van der Waals surface area contributed by atoms with Crippen molar-refractivity contribution in [1.29, 1.82) is 0 Å². The summed E-state index contributed by atoms with van der Waals surface area (Å²) in [4.78, 5) is 12.7. The molecule has 4 aromatic rings. The fourth-order valence-electron chi connectivity index (χ4n) is 3.41. The lowest BCUT2D eigenvalue weighted by Crippen LogP contribution is -1.92. The molecule has 1 aromatic carbocycles. The van der Waals surface area contributed by atoms with Crippen LogP contribution in [0.1, 0.15) is 24.5 Å². The van der Waals surface area contributed by atoms with E-state index in [-0.39, 0.29) is 0 Å². The molecule has 0 spiro atoms. The van der Waals surface area contributed by atoms with Crippen LogP contribution in [0.4, 0.5) is 5.69 Å². The smallest absolute Gasteiger partial charge is 0.138 e. The summed E-state index contributed by atoms with van der Waals surface area (Å²) in [6, 6.07) is 12.1. The van der Waals surface area contributed by atoms with Crippen LogP contribution in [0.3, 0.4) is 0 Å². The minimum Gasteiger partial charge on any atom is -0.398 e. The summed E-state index contributed by atoms with van der Waals surface area (Å²) in [5.41, 5.74) is 11.3. The second-order valence-electron chi connectivity index (χ2n) is 6.19. The number of aromatic nitrogens is 3. The highest BCUT2D eigenvalue weighted by Crippen LogP contribution is 2.47. The van der Waals surface area contributed by atoms with E-state index in [4.69, 9.17) is 10.7 Å². The zero-order chi connectivity index (χ0) is 15.4. The molecule has 3 aromatic heterocycles. The van der Waals surface area contributed by atoms with Crippen LogP contribution in [0.15, 0.2) is 48.8 Å². The van der Waals surface area contributed by atoms with E-state index in [2.05, 4.69) is 22.1 Å². The first-order valence-electron chi connectivity index (χ1n) is 7.93. The van der Waals surface area contributed by atoms with Gasteiger partial charge in [0.15, 0.2) is 0 Å². The molecule has 0 atom stereocenters. The first kappa shape index (κ1) is 12.6. The summed E-state index contributed by atoms with van der Waals surface area (Å²) in [5.74, 6) is 0.595. The summed E-state index contributed by atoms with van der Waals surface area (Å²) >= 11 is 0. The Kier molecular flexibility index (Phi) is 2.50. The SMILES string of the molecule is Nc1cccc2c(-c3c(C4CC4)[nH]c4ncccc34)nccc12. The topological polar surface area (TPSA) is 67.6 Å². The van der Waals surface area contributed by atoms with Crippen molar-refractivity contribution >= 4 is 27.5 Å². The molecule has 1 aliphatic carbocycles. The molecular weight excluding hydrogens is 284 g/mol. The number of hydrogen-bond acceptors (Lipinski definition) is 3. The molecule has 4 nitrogen and oxygen atoms in total. The normalized spacial score (nSPS) is 14.6. The number of nitrogens with zero attached hydrogens (tertiary/aromatic N) is 2. The molecule has 4 heteroatoms. The molecule has 112 valence electrons. The predicted octanol–water partition coefficient (Wildman–Crippen LogP) is 4.24. The van der Waals surface area contributed by atoms with Crippen LogP contribution in [0.5, 0.6) is 0 Å². The number of nitrogen functional groups attached to an aromatic ring is 1. The molecule has 3 N–H and O–H groups in total. The number of pyridine rings is 2. The molecule has 0 amide bonds. The third-order valence-electron chi connectivity index (χ3n) is 4.66. The Morgan fingerprint density at radius 2 is 1.78 bits per heavy atom. The van der Waals surface area contributed by atoms with Crippen LogP contribution in [-0.2, 0) is 0 Å². The van der Waals surface area contributed by atoms with Crippen molar-refractivity contribution in [1.82, 2.24) is 15.0 Å². The van der Waals surface area contributed by atoms with Crippen molar-refractivity contribution in [2.24, 2.45) is 0 Å². The Bertz CT molecular complexity index is 1040. The summed E-state index contributed by atoms with van der Waals surface area (Å²) in [6.45, 7) is 0. The van der Waals surface area contributed by atoms with Crippen LogP contribution in [-0.4, -0.2) is 15.0 Å². The van der Waals surface area contributed by atoms with Gasteiger partial charge in [-0.1, -0.05) is 12.1 Å². The zero-order valence-corrected chi connectivity index (χ0v) is 12.6. The highest BCUT2D eigenvalue weighted by atomic mass is 14.9. The second-order valence-corrected chi connectivity index (χ2v) is 6.19. The van der Waals surface area contributed by atoms with E-state index in [0.717, 1.165) is 33.2 Å². The van der Waals surface area contributed by atoms with Crippen molar-refractivity contribution in [2.75, 3.05) is 5.73 Å². The Morgan fingerprint density at radius 3 is 2.65 bits per heavy atom. The van der Waals surface area contributed by atoms with Gasteiger partial charge in [-0.15, -0.1) is 0 Å². The number of fused-ring (bicyclic) bond motifs is 2. The van der Waals surface area contributed by atoms with Gasteiger partial charge < -0.3 is 10.7 Å². The van der Waals surface area contributed by atoms with Crippen LogP contribution < -0.4 is 5.73 Å². The van der Waals surface area contributed by atoms with Crippen molar-refractivity contribution in [2.45, 2.75) is 18.8 Å². The van der Waals surface area contributed by atoms with Crippen molar-refractivity contribution in [3.63, 3.8) is 0 Å². The molecule has 5 rings (SSSR count). The molecule has 3 heterocycles. The van der Waals surface area contributed by atoms with Gasteiger partial charge in [-0.05, 0) is 43.0 Å². The van der Waals surface area contributed by atoms with E-state index < -0.39 is 0 Å². The van der Waals surface area contributed by atoms with Gasteiger partial charge in [0, 0.05) is 45.5 Å². The van der Waals surface area contributed by atoms with Gasteiger partial charge in [-0.25, -0.2) is 4.98 Å². The number of nitrogens with two attached hydrogens (primary N) is 1. The van der Waals surface area contributed by atoms with E-state index in [9.17, 15) is 0 Å². The van der Waals surface area contributed by atoms with Crippen molar-refractivity contribution in [3.8, 4) is 11.3 Å². The average Bonchev–Trinajstić information content (AvgIpc) is 3.35. The zero-order valence-electron chi connectivity index (χ0n) is 12.6. The van der Waals surface area contributed by atoms with Gasteiger partial charge >= 0.3 is 0 Å². The number of H-pyrrole nitrogens is 1. The maximum Gasteiger partial charge on any atom is 0.138 e. The average molecular weight is 300 g/mol. The largest absolute Gasteiger partial charge is 0.398 e. The van der Waals surface area contributed by atoms with Gasteiger partial charge in [0.25, 0.3) is 0 Å². The van der Waals surface area contributed by atoms with Gasteiger partial charge in [-0.3, -0.25) is 4.98 Å². The Balaban J connectivity index is 1.91. The molecular formula is C19H16N4. The van der Waals surface area contributed by atoms with E-state index in [1.165, 1.54) is 24.1 Å². The second kappa shape index (κ2) is 4.56. The van der Waals surface area contributed by atoms with Gasteiger partial charge in [0.1, 0.15) is 5.65 Å². The summed E-state index contributed by atoms with van der Waals surface area (Å²) in [5, 5.41) is 3.29. The van der Waals surface area contributed by atoms with Crippen LogP contribution in [0.25, 0.3) is 33.1 Å². The number of anilines is 1. The first-order chi connectivity index (χ1) is 11.3. The van der Waals surface area contributed by atoms with Gasteiger partial charge in [-0.2, -0.15) is 0 Å². The van der Waals surface area contributed by atoms with Gasteiger partial charge in [0.2, 0.25) is 0 Å². The fraction of sp³-hybridized carbons (Fsp3) is 0.158. The lowest BCUT2D eigenvalue weighted by atomic mass is 9.99. The van der Waals surface area contributed by atoms with E-state index in [1.54, 1.807) is 0 Å².